The molecule has 11 heteroatoms. The van der Waals surface area contributed by atoms with Crippen LogP contribution in [0.2, 0.25) is 0 Å². The molecule has 0 aromatic carbocycles. The van der Waals surface area contributed by atoms with Crippen molar-refractivity contribution in [3.05, 3.63) is 0 Å². The SMILES string of the molecule is CC(C)(C)OP(=O)(O)COS(=O)(=O)C(F)(F)F. The minimum Gasteiger partial charge on any atom is -0.323 e. The fourth-order valence-electron chi connectivity index (χ4n) is 0.657. The molecule has 1 unspecified atom stereocenters. The van der Waals surface area contributed by atoms with Gasteiger partial charge in [-0.3, -0.25) is 8.75 Å². The third kappa shape index (κ3) is 6.37. The lowest BCUT2D eigenvalue weighted by Gasteiger charge is -2.23. The molecular weight excluding hydrogens is 288 g/mol. The summed E-state index contributed by atoms with van der Waals surface area (Å²) in [7, 11) is -10.5. The number of alkyl halides is 3. The van der Waals surface area contributed by atoms with Crippen molar-refractivity contribution in [2.45, 2.75) is 31.9 Å². The van der Waals surface area contributed by atoms with E-state index in [2.05, 4.69) is 8.71 Å². The molecule has 0 aromatic rings. The minimum absolute atomic E-state index is 1.13. The van der Waals surface area contributed by atoms with Crippen molar-refractivity contribution < 1.29 is 39.8 Å². The molecule has 0 aliphatic heterocycles. The lowest BCUT2D eigenvalue weighted by atomic mass is 10.2. The van der Waals surface area contributed by atoms with E-state index in [1.54, 1.807) is 0 Å². The second-order valence-corrected chi connectivity index (χ2v) is 7.31. The summed E-state index contributed by atoms with van der Waals surface area (Å²) in [6.07, 6.45) is -1.59. The van der Waals surface area contributed by atoms with Gasteiger partial charge in [-0.15, -0.1) is 0 Å². The van der Waals surface area contributed by atoms with Gasteiger partial charge in [0.05, 0.1) is 5.60 Å². The second kappa shape index (κ2) is 4.85. The first kappa shape index (κ1) is 16.9. The first-order valence-corrected chi connectivity index (χ1v) is 7.32. The Balaban J connectivity index is 4.65. The van der Waals surface area contributed by atoms with Crippen LogP contribution < -0.4 is 0 Å². The Labute approximate surface area is 96.4 Å². The summed E-state index contributed by atoms with van der Waals surface area (Å²) in [5, 5.41) is 0. The molecule has 0 amide bonds. The summed E-state index contributed by atoms with van der Waals surface area (Å²) in [5.41, 5.74) is -6.77. The molecule has 17 heavy (non-hydrogen) atoms. The third-order valence-electron chi connectivity index (χ3n) is 1.07. The minimum atomic E-state index is -5.90. The molecular formula is C6H12F3O6PS. The van der Waals surface area contributed by atoms with Crippen LogP contribution in [-0.2, 0) is 23.4 Å². The summed E-state index contributed by atoms with van der Waals surface area (Å²) in [5.74, 6) is 0. The van der Waals surface area contributed by atoms with Crippen LogP contribution in [-0.4, -0.2) is 30.8 Å². The summed E-state index contributed by atoms with van der Waals surface area (Å²) < 4.78 is 75.4. The van der Waals surface area contributed by atoms with Crippen LogP contribution in [0.15, 0.2) is 0 Å². The monoisotopic (exact) mass is 300 g/mol. The van der Waals surface area contributed by atoms with Gasteiger partial charge in [-0.1, -0.05) is 0 Å². The van der Waals surface area contributed by atoms with Crippen LogP contribution >= 0.6 is 7.60 Å². The molecule has 0 saturated carbocycles. The zero-order chi connectivity index (χ0) is 14.1. The largest absolute Gasteiger partial charge is 0.523 e. The molecule has 0 bridgehead atoms. The average molecular weight is 300 g/mol. The molecule has 0 radical (unpaired) electrons. The Kier molecular flexibility index (Phi) is 4.81. The molecule has 0 saturated heterocycles. The molecule has 0 aliphatic carbocycles. The van der Waals surface area contributed by atoms with Gasteiger partial charge in [0.2, 0.25) is 0 Å². The molecule has 6 nitrogen and oxygen atoms in total. The fourth-order valence-corrected chi connectivity index (χ4v) is 2.79. The quantitative estimate of drug-likeness (QED) is 0.484. The lowest BCUT2D eigenvalue weighted by molar-refractivity contribution is -0.0534. The number of hydrogen-bond donors (Lipinski definition) is 1. The molecule has 104 valence electrons. The highest BCUT2D eigenvalue weighted by molar-refractivity contribution is 7.87. The predicted molar refractivity (Wildman–Crippen MR) is 51.6 cm³/mol. The first-order valence-electron chi connectivity index (χ1n) is 4.15. The molecule has 0 rings (SSSR count). The second-order valence-electron chi connectivity index (χ2n) is 3.99. The Morgan fingerprint density at radius 1 is 1.24 bits per heavy atom. The van der Waals surface area contributed by atoms with E-state index in [1.807, 2.05) is 0 Å². The van der Waals surface area contributed by atoms with E-state index < -0.39 is 35.2 Å². The average Bonchev–Trinajstić information content (AvgIpc) is 1.94. The summed E-state index contributed by atoms with van der Waals surface area (Å²) >= 11 is 0. The highest BCUT2D eigenvalue weighted by Crippen LogP contribution is 2.46. The molecule has 1 atom stereocenters. The fraction of sp³-hybridized carbons (Fsp3) is 1.00. The molecule has 0 spiro atoms. The van der Waals surface area contributed by atoms with Crippen LogP contribution in [0.4, 0.5) is 13.2 Å². The Morgan fingerprint density at radius 3 is 1.94 bits per heavy atom. The highest BCUT2D eigenvalue weighted by Gasteiger charge is 2.48. The predicted octanol–water partition coefficient (Wildman–Crippen LogP) is 1.81. The van der Waals surface area contributed by atoms with Gasteiger partial charge in [0.25, 0.3) is 0 Å². The van der Waals surface area contributed by atoms with Gasteiger partial charge in [-0.2, -0.15) is 21.6 Å². The third-order valence-corrected chi connectivity index (χ3v) is 3.53. The molecule has 0 aliphatic rings. The van der Waals surface area contributed by atoms with E-state index in [1.165, 1.54) is 20.8 Å². The van der Waals surface area contributed by atoms with Gasteiger partial charge >= 0.3 is 23.2 Å². The number of hydrogen-bond acceptors (Lipinski definition) is 5. The molecule has 0 aromatic heterocycles. The summed E-state index contributed by atoms with van der Waals surface area (Å²) in [4.78, 5) is 9.06. The zero-order valence-corrected chi connectivity index (χ0v) is 10.9. The van der Waals surface area contributed by atoms with Crippen molar-refractivity contribution in [2.75, 3.05) is 6.35 Å². The number of halogens is 3. The van der Waals surface area contributed by atoms with Gasteiger partial charge in [-0.25, -0.2) is 0 Å². The van der Waals surface area contributed by atoms with Gasteiger partial charge < -0.3 is 9.42 Å². The Bertz CT molecular complexity index is 408. The van der Waals surface area contributed by atoms with Crippen molar-refractivity contribution in [1.82, 2.24) is 0 Å². The van der Waals surface area contributed by atoms with Crippen molar-refractivity contribution in [2.24, 2.45) is 0 Å². The van der Waals surface area contributed by atoms with Crippen molar-refractivity contribution in [1.29, 1.82) is 0 Å². The van der Waals surface area contributed by atoms with E-state index in [4.69, 9.17) is 4.89 Å². The highest BCUT2D eigenvalue weighted by atomic mass is 32.2. The van der Waals surface area contributed by atoms with Crippen molar-refractivity contribution in [3.63, 3.8) is 0 Å². The van der Waals surface area contributed by atoms with Crippen LogP contribution in [0.25, 0.3) is 0 Å². The van der Waals surface area contributed by atoms with Crippen molar-refractivity contribution >= 4 is 17.7 Å². The van der Waals surface area contributed by atoms with E-state index in [9.17, 15) is 26.2 Å². The van der Waals surface area contributed by atoms with Crippen LogP contribution in [0.5, 0.6) is 0 Å². The lowest BCUT2D eigenvalue weighted by Crippen LogP contribution is -2.27. The summed E-state index contributed by atoms with van der Waals surface area (Å²) in [6.45, 7) is 4.11. The maximum atomic E-state index is 11.8. The van der Waals surface area contributed by atoms with Crippen molar-refractivity contribution in [3.8, 4) is 0 Å². The molecule has 0 heterocycles. The molecule has 0 fully saturated rings. The zero-order valence-electron chi connectivity index (χ0n) is 9.18. The normalized spacial score (nSPS) is 17.8. The summed E-state index contributed by atoms with van der Waals surface area (Å²) in [6, 6.07) is 0. The molecule has 1 N–H and O–H groups in total. The van der Waals surface area contributed by atoms with Gasteiger partial charge in [0.15, 0.2) is 6.35 Å². The topological polar surface area (TPSA) is 89.9 Å². The van der Waals surface area contributed by atoms with Crippen LogP contribution in [0.3, 0.4) is 0 Å². The van der Waals surface area contributed by atoms with E-state index in [-0.39, 0.29) is 0 Å². The van der Waals surface area contributed by atoms with Gasteiger partial charge in [-0.05, 0) is 20.8 Å². The van der Waals surface area contributed by atoms with E-state index in [0.717, 1.165) is 0 Å². The number of rotatable bonds is 4. The Hall–Kier alpha value is -0.150. The van der Waals surface area contributed by atoms with E-state index in [0.29, 0.717) is 0 Å². The van der Waals surface area contributed by atoms with Gasteiger partial charge in [0, 0.05) is 0 Å². The van der Waals surface area contributed by atoms with E-state index >= 15 is 0 Å². The maximum absolute atomic E-state index is 11.8. The maximum Gasteiger partial charge on any atom is 0.523 e. The van der Waals surface area contributed by atoms with Crippen LogP contribution in [0.1, 0.15) is 20.8 Å². The Morgan fingerprint density at radius 2 is 1.65 bits per heavy atom. The smallest absolute Gasteiger partial charge is 0.323 e. The first-order chi connectivity index (χ1) is 7.16. The van der Waals surface area contributed by atoms with Crippen LogP contribution in [0, 0.1) is 0 Å². The van der Waals surface area contributed by atoms with Gasteiger partial charge in [0.1, 0.15) is 0 Å². The standard InChI is InChI=1S/C6H12F3O6PS/c1-5(2,3)15-16(10,11)4-14-17(12,13)6(7,8)9/h4H2,1-3H3,(H,10,11).